The Morgan fingerprint density at radius 2 is 1.70 bits per heavy atom. The zero-order valence-corrected chi connectivity index (χ0v) is 15.5. The highest BCUT2D eigenvalue weighted by atomic mass is 35.5. The number of halogens is 5. The van der Waals surface area contributed by atoms with Gasteiger partial charge in [-0.2, -0.15) is 13.2 Å². The molecule has 0 unspecified atom stereocenters. The van der Waals surface area contributed by atoms with Gasteiger partial charge >= 0.3 is 6.18 Å². The second-order valence-corrected chi connectivity index (χ2v) is 6.96. The predicted molar refractivity (Wildman–Crippen MR) is 96.5 cm³/mol. The van der Waals surface area contributed by atoms with Gasteiger partial charge in [-0.1, -0.05) is 23.2 Å². The normalized spacial score (nSPS) is 14.9. The molecule has 0 atom stereocenters. The molecular weight excluding hydrogens is 404 g/mol. The SMILES string of the molecule is O=C(c1cnc(Nc2cc(Cl)cc(Cl)c2)nc1C(F)(F)F)N1CCCCC1. The van der Waals surface area contributed by atoms with Gasteiger partial charge in [0.05, 0.1) is 5.56 Å². The number of nitrogens with zero attached hydrogens (tertiary/aromatic N) is 3. The summed E-state index contributed by atoms with van der Waals surface area (Å²) in [7, 11) is 0. The lowest BCUT2D eigenvalue weighted by Gasteiger charge is -2.27. The van der Waals surface area contributed by atoms with Crippen LogP contribution in [0.25, 0.3) is 0 Å². The van der Waals surface area contributed by atoms with Gasteiger partial charge in [0.15, 0.2) is 5.69 Å². The molecule has 1 N–H and O–H groups in total. The van der Waals surface area contributed by atoms with Gasteiger partial charge in [-0.05, 0) is 37.5 Å². The first-order valence-corrected chi connectivity index (χ1v) is 8.96. The van der Waals surface area contributed by atoms with Crippen molar-refractivity contribution in [1.82, 2.24) is 14.9 Å². The quantitative estimate of drug-likeness (QED) is 0.746. The van der Waals surface area contributed by atoms with Crippen molar-refractivity contribution in [2.45, 2.75) is 25.4 Å². The lowest BCUT2D eigenvalue weighted by Crippen LogP contribution is -2.37. The molecule has 0 spiro atoms. The summed E-state index contributed by atoms with van der Waals surface area (Å²) in [5, 5.41) is 3.24. The van der Waals surface area contributed by atoms with Crippen LogP contribution in [0.5, 0.6) is 0 Å². The van der Waals surface area contributed by atoms with E-state index in [0.717, 1.165) is 25.5 Å². The molecule has 144 valence electrons. The second kappa shape index (κ2) is 7.90. The van der Waals surface area contributed by atoms with E-state index in [9.17, 15) is 18.0 Å². The Kier molecular flexibility index (Phi) is 5.76. The maximum Gasteiger partial charge on any atom is 0.434 e. The number of likely N-dealkylation sites (tertiary alicyclic amines) is 1. The van der Waals surface area contributed by atoms with E-state index in [0.29, 0.717) is 28.8 Å². The van der Waals surface area contributed by atoms with Crippen LogP contribution < -0.4 is 5.32 Å². The molecular formula is C17H15Cl2F3N4O. The number of rotatable bonds is 3. The fourth-order valence-electron chi connectivity index (χ4n) is 2.84. The van der Waals surface area contributed by atoms with Crippen LogP contribution in [-0.4, -0.2) is 33.9 Å². The van der Waals surface area contributed by atoms with Gasteiger partial charge in [0, 0.05) is 35.0 Å². The number of piperidine rings is 1. The highest BCUT2D eigenvalue weighted by molar-refractivity contribution is 6.35. The maximum absolute atomic E-state index is 13.5. The molecule has 1 aliphatic rings. The van der Waals surface area contributed by atoms with Gasteiger partial charge in [-0.25, -0.2) is 9.97 Å². The van der Waals surface area contributed by atoms with Gasteiger partial charge in [0.25, 0.3) is 5.91 Å². The van der Waals surface area contributed by atoms with E-state index < -0.39 is 23.3 Å². The van der Waals surface area contributed by atoms with Crippen LogP contribution in [0, 0.1) is 0 Å². The summed E-state index contributed by atoms with van der Waals surface area (Å²) in [4.78, 5) is 21.3. The molecule has 1 aliphatic heterocycles. The molecule has 1 aromatic heterocycles. The third kappa shape index (κ3) is 4.81. The number of carbonyl (C=O) groups excluding carboxylic acids is 1. The smallest absolute Gasteiger partial charge is 0.339 e. The van der Waals surface area contributed by atoms with Crippen molar-refractivity contribution >= 4 is 40.7 Å². The summed E-state index contributed by atoms with van der Waals surface area (Å²) >= 11 is 11.8. The second-order valence-electron chi connectivity index (χ2n) is 6.09. The minimum Gasteiger partial charge on any atom is -0.339 e. The van der Waals surface area contributed by atoms with E-state index in [4.69, 9.17) is 23.2 Å². The zero-order chi connectivity index (χ0) is 19.6. The summed E-state index contributed by atoms with van der Waals surface area (Å²) in [6.07, 6.45) is -1.41. The van der Waals surface area contributed by atoms with Crippen molar-refractivity contribution in [3.05, 3.63) is 45.7 Å². The number of carbonyl (C=O) groups is 1. The monoisotopic (exact) mass is 418 g/mol. The molecule has 2 aromatic rings. The molecule has 3 rings (SSSR count). The maximum atomic E-state index is 13.5. The number of nitrogens with one attached hydrogen (secondary N) is 1. The van der Waals surface area contributed by atoms with Crippen LogP contribution in [0.3, 0.4) is 0 Å². The summed E-state index contributed by atoms with van der Waals surface area (Å²) in [5.74, 6) is -1.02. The lowest BCUT2D eigenvalue weighted by molar-refractivity contribution is -0.141. The Hall–Kier alpha value is -2.06. The molecule has 10 heteroatoms. The first-order chi connectivity index (χ1) is 12.7. The molecule has 1 fully saturated rings. The number of aromatic nitrogens is 2. The molecule has 2 heterocycles. The molecule has 0 bridgehead atoms. The third-order valence-corrected chi connectivity index (χ3v) is 4.49. The minimum absolute atomic E-state index is 0.304. The topological polar surface area (TPSA) is 58.1 Å². The van der Waals surface area contributed by atoms with Crippen molar-refractivity contribution < 1.29 is 18.0 Å². The van der Waals surface area contributed by atoms with Crippen LogP contribution >= 0.6 is 23.2 Å². The van der Waals surface area contributed by atoms with Crippen molar-refractivity contribution in [3.63, 3.8) is 0 Å². The molecule has 1 amide bonds. The fraction of sp³-hybridized carbons (Fsp3) is 0.353. The lowest BCUT2D eigenvalue weighted by atomic mass is 10.1. The number of amides is 1. The Labute approximate surface area is 163 Å². The van der Waals surface area contributed by atoms with Crippen molar-refractivity contribution in [2.75, 3.05) is 18.4 Å². The molecule has 5 nitrogen and oxygen atoms in total. The predicted octanol–water partition coefficient (Wildman–Crippen LogP) is 5.17. The van der Waals surface area contributed by atoms with Crippen LogP contribution in [0.2, 0.25) is 10.0 Å². The summed E-state index contributed by atoms with van der Waals surface area (Å²) in [5.41, 5.74) is -1.50. The van der Waals surface area contributed by atoms with Gasteiger partial charge in [0.2, 0.25) is 5.95 Å². The average Bonchev–Trinajstić information content (AvgIpc) is 2.60. The van der Waals surface area contributed by atoms with Crippen molar-refractivity contribution in [3.8, 4) is 0 Å². The summed E-state index contributed by atoms with van der Waals surface area (Å²) in [6.45, 7) is 0.855. The van der Waals surface area contributed by atoms with Gasteiger partial charge < -0.3 is 10.2 Å². The molecule has 0 aliphatic carbocycles. The van der Waals surface area contributed by atoms with E-state index >= 15 is 0 Å². The molecule has 1 saturated heterocycles. The third-order valence-electron chi connectivity index (χ3n) is 4.05. The first kappa shape index (κ1) is 19.7. The average molecular weight is 419 g/mol. The Balaban J connectivity index is 1.93. The van der Waals surface area contributed by atoms with Gasteiger partial charge in [0.1, 0.15) is 0 Å². The summed E-state index contributed by atoms with van der Waals surface area (Å²) in [6, 6.07) is 4.42. The number of benzene rings is 1. The van der Waals surface area contributed by atoms with Gasteiger partial charge in [-0.3, -0.25) is 4.79 Å². The molecule has 27 heavy (non-hydrogen) atoms. The highest BCUT2D eigenvalue weighted by Gasteiger charge is 2.39. The van der Waals surface area contributed by atoms with E-state index in [-0.39, 0.29) is 5.95 Å². The van der Waals surface area contributed by atoms with E-state index in [2.05, 4.69) is 15.3 Å². The number of hydrogen-bond donors (Lipinski definition) is 1. The van der Waals surface area contributed by atoms with Crippen LogP contribution in [0.1, 0.15) is 35.3 Å². The number of hydrogen-bond acceptors (Lipinski definition) is 4. The van der Waals surface area contributed by atoms with Gasteiger partial charge in [-0.15, -0.1) is 0 Å². The van der Waals surface area contributed by atoms with Crippen molar-refractivity contribution in [2.24, 2.45) is 0 Å². The molecule has 0 saturated carbocycles. The first-order valence-electron chi connectivity index (χ1n) is 8.20. The number of alkyl halides is 3. The van der Waals surface area contributed by atoms with Crippen molar-refractivity contribution in [1.29, 1.82) is 0 Å². The fourth-order valence-corrected chi connectivity index (χ4v) is 3.36. The zero-order valence-electron chi connectivity index (χ0n) is 14.0. The van der Waals surface area contributed by atoms with E-state index in [1.807, 2.05) is 0 Å². The Bertz CT molecular complexity index is 834. The Morgan fingerprint density at radius 1 is 1.07 bits per heavy atom. The Morgan fingerprint density at radius 3 is 2.30 bits per heavy atom. The highest BCUT2D eigenvalue weighted by Crippen LogP contribution is 2.32. The van der Waals surface area contributed by atoms with Crippen LogP contribution in [0.15, 0.2) is 24.4 Å². The standard InChI is InChI=1S/C17H15Cl2F3N4O/c18-10-6-11(19)8-12(7-10)24-16-23-9-13(14(25-16)17(20,21)22)15(27)26-4-2-1-3-5-26/h6-9H,1-5H2,(H,23,24,25). The van der Waals surface area contributed by atoms with E-state index in [1.165, 1.54) is 23.1 Å². The van der Waals surface area contributed by atoms with Crippen LogP contribution in [0.4, 0.5) is 24.8 Å². The molecule has 1 aromatic carbocycles. The van der Waals surface area contributed by atoms with E-state index in [1.54, 1.807) is 0 Å². The van der Waals surface area contributed by atoms with Crippen LogP contribution in [-0.2, 0) is 6.18 Å². The molecule has 0 radical (unpaired) electrons. The largest absolute Gasteiger partial charge is 0.434 e. The summed E-state index contributed by atoms with van der Waals surface area (Å²) < 4.78 is 40.5. The minimum atomic E-state index is -4.80. The number of anilines is 2.